The van der Waals surface area contributed by atoms with E-state index in [4.69, 9.17) is 10.8 Å². The second kappa shape index (κ2) is 9.28. The van der Waals surface area contributed by atoms with Crippen LogP contribution in [-0.2, 0) is 6.54 Å². The van der Waals surface area contributed by atoms with E-state index in [-0.39, 0.29) is 17.6 Å². The Balaban J connectivity index is 1.29. The maximum Gasteiger partial charge on any atom is 0.164 e. The fraction of sp³-hybridized carbons (Fsp3) is 0.367. The molecule has 1 unspecified atom stereocenters. The molecular weight excluding hydrogens is 507 g/mol. The van der Waals surface area contributed by atoms with Crippen LogP contribution in [0.1, 0.15) is 37.1 Å². The van der Waals surface area contributed by atoms with Gasteiger partial charge in [0, 0.05) is 48.7 Å². The van der Waals surface area contributed by atoms with E-state index in [1.54, 1.807) is 0 Å². The number of anilines is 1. The number of fused-ring (bicyclic) bond motifs is 2. The Labute approximate surface area is 231 Å². The second-order valence-corrected chi connectivity index (χ2v) is 11.6. The third kappa shape index (κ3) is 4.10. The number of nitrogens with two attached hydrogens (primary N) is 1. The summed E-state index contributed by atoms with van der Waals surface area (Å²) in [6.45, 7) is 7.54. The molecule has 0 amide bonds. The van der Waals surface area contributed by atoms with E-state index in [2.05, 4.69) is 68.6 Å². The zero-order valence-corrected chi connectivity index (χ0v) is 22.8. The highest BCUT2D eigenvalue weighted by molar-refractivity contribution is 5.98. The Hall–Kier alpha value is -4.02. The standard InChI is InChI=1S/C30H33FN8O/c1-19(39-29-26(28(32)33-18-34-29)27(35-39)20-11-21(31)13-23(40)12-20)24-14-22-5-3-4-8-38(22)25(24)15-37-16-30(17-37)6-9-36(2)10-7-30/h3-5,8,11-14,18-19,40H,6-7,9-10,15-17H2,1-2H3,(H2,32,33,34). The van der Waals surface area contributed by atoms with Gasteiger partial charge in [-0.15, -0.1) is 0 Å². The number of hydrogen-bond donors (Lipinski definition) is 2. The van der Waals surface area contributed by atoms with Gasteiger partial charge in [-0.25, -0.2) is 19.0 Å². The summed E-state index contributed by atoms with van der Waals surface area (Å²) in [6.07, 6.45) is 6.07. The molecule has 1 aromatic carbocycles. The van der Waals surface area contributed by atoms with Gasteiger partial charge in [0.2, 0.25) is 0 Å². The first-order valence-electron chi connectivity index (χ1n) is 13.8. The van der Waals surface area contributed by atoms with Crippen LogP contribution in [0.15, 0.2) is 55.0 Å². The van der Waals surface area contributed by atoms with E-state index in [1.807, 2.05) is 4.68 Å². The molecule has 206 valence electrons. The molecule has 2 aliphatic rings. The number of halogens is 1. The fourth-order valence-electron chi connectivity index (χ4n) is 6.68. The number of piperidine rings is 1. The first kappa shape index (κ1) is 25.0. The highest BCUT2D eigenvalue weighted by Gasteiger charge is 2.44. The molecule has 1 spiro atoms. The quantitative estimate of drug-likeness (QED) is 0.343. The molecule has 40 heavy (non-hydrogen) atoms. The van der Waals surface area contributed by atoms with Crippen molar-refractivity contribution in [2.75, 3.05) is 39.0 Å². The lowest BCUT2D eigenvalue weighted by Crippen LogP contribution is -2.59. The van der Waals surface area contributed by atoms with E-state index >= 15 is 0 Å². The minimum absolute atomic E-state index is 0.181. The molecule has 0 bridgehead atoms. The largest absolute Gasteiger partial charge is 0.508 e. The molecule has 2 aliphatic heterocycles. The van der Waals surface area contributed by atoms with Crippen molar-refractivity contribution in [3.63, 3.8) is 0 Å². The van der Waals surface area contributed by atoms with Gasteiger partial charge in [0.15, 0.2) is 5.65 Å². The number of hydrogen-bond acceptors (Lipinski definition) is 7. The zero-order valence-electron chi connectivity index (χ0n) is 22.8. The van der Waals surface area contributed by atoms with E-state index in [9.17, 15) is 9.50 Å². The number of rotatable bonds is 5. The zero-order chi connectivity index (χ0) is 27.6. The van der Waals surface area contributed by atoms with Crippen molar-refractivity contribution >= 4 is 22.4 Å². The highest BCUT2D eigenvalue weighted by atomic mass is 19.1. The van der Waals surface area contributed by atoms with Crippen molar-refractivity contribution in [2.24, 2.45) is 5.41 Å². The average Bonchev–Trinajstić information content (AvgIpc) is 3.48. The van der Waals surface area contributed by atoms with Gasteiger partial charge in [0.1, 0.15) is 29.4 Å². The monoisotopic (exact) mass is 540 g/mol. The second-order valence-electron chi connectivity index (χ2n) is 11.6. The van der Waals surface area contributed by atoms with Gasteiger partial charge in [0.25, 0.3) is 0 Å². The van der Waals surface area contributed by atoms with Gasteiger partial charge in [-0.05, 0) is 81.2 Å². The average molecular weight is 541 g/mol. The van der Waals surface area contributed by atoms with E-state index in [0.29, 0.717) is 27.7 Å². The minimum Gasteiger partial charge on any atom is -0.508 e. The SMILES string of the molecule is CC(c1cc2ccccn2c1CN1CC2(CCN(C)CC2)C1)n1nc(-c2cc(O)cc(F)c2)c2c(N)ncnc21. The molecule has 4 aromatic heterocycles. The van der Waals surface area contributed by atoms with Crippen molar-refractivity contribution in [1.29, 1.82) is 0 Å². The number of nitrogens with zero attached hydrogens (tertiary/aromatic N) is 7. The summed E-state index contributed by atoms with van der Waals surface area (Å²) >= 11 is 0. The Kier molecular flexibility index (Phi) is 5.79. The van der Waals surface area contributed by atoms with Crippen LogP contribution in [0.2, 0.25) is 0 Å². The summed E-state index contributed by atoms with van der Waals surface area (Å²) in [7, 11) is 2.21. The maximum absolute atomic E-state index is 14.3. The molecule has 5 aromatic rings. The topological polar surface area (TPSA) is 101 Å². The minimum atomic E-state index is -0.556. The van der Waals surface area contributed by atoms with Crippen molar-refractivity contribution < 1.29 is 9.50 Å². The Morgan fingerprint density at radius 2 is 1.90 bits per heavy atom. The van der Waals surface area contributed by atoms with Crippen molar-refractivity contribution in [2.45, 2.75) is 32.4 Å². The number of aromatic nitrogens is 5. The number of aromatic hydroxyl groups is 1. The molecule has 2 saturated heterocycles. The number of likely N-dealkylation sites (tertiary alicyclic amines) is 2. The summed E-state index contributed by atoms with van der Waals surface area (Å²) in [4.78, 5) is 13.7. The van der Waals surface area contributed by atoms with Gasteiger partial charge in [0.05, 0.1) is 11.4 Å². The molecule has 9 nitrogen and oxygen atoms in total. The van der Waals surface area contributed by atoms with Crippen LogP contribution < -0.4 is 5.73 Å². The van der Waals surface area contributed by atoms with E-state index in [0.717, 1.165) is 36.8 Å². The lowest BCUT2D eigenvalue weighted by molar-refractivity contribution is -0.0479. The lowest BCUT2D eigenvalue weighted by Gasteiger charge is -2.54. The van der Waals surface area contributed by atoms with Crippen LogP contribution in [0, 0.1) is 11.2 Å². The van der Waals surface area contributed by atoms with Crippen molar-refractivity contribution in [3.05, 3.63) is 72.1 Å². The molecule has 0 saturated carbocycles. The van der Waals surface area contributed by atoms with Gasteiger partial charge < -0.3 is 20.1 Å². The van der Waals surface area contributed by atoms with E-state index < -0.39 is 5.82 Å². The maximum atomic E-state index is 14.3. The third-order valence-electron chi connectivity index (χ3n) is 8.85. The number of nitrogen functional groups attached to an aromatic ring is 1. The smallest absolute Gasteiger partial charge is 0.164 e. The first-order valence-corrected chi connectivity index (χ1v) is 13.8. The summed E-state index contributed by atoms with van der Waals surface area (Å²) in [5, 5.41) is 15.5. The van der Waals surface area contributed by atoms with Crippen molar-refractivity contribution in [3.8, 4) is 17.0 Å². The molecule has 0 radical (unpaired) electrons. The van der Waals surface area contributed by atoms with Crippen LogP contribution in [0.3, 0.4) is 0 Å². The van der Waals surface area contributed by atoms with Crippen LogP contribution in [-0.4, -0.2) is 72.3 Å². The van der Waals surface area contributed by atoms with Gasteiger partial charge in [-0.1, -0.05) is 6.07 Å². The molecule has 0 aliphatic carbocycles. The molecular formula is C30H33FN8O. The lowest BCUT2D eigenvalue weighted by atomic mass is 9.72. The summed E-state index contributed by atoms with van der Waals surface area (Å²) < 4.78 is 18.4. The third-order valence-corrected chi connectivity index (χ3v) is 8.85. The predicted octanol–water partition coefficient (Wildman–Crippen LogP) is 4.31. The highest BCUT2D eigenvalue weighted by Crippen LogP contribution is 2.42. The normalized spacial score (nSPS) is 18.5. The van der Waals surface area contributed by atoms with Gasteiger partial charge in [-0.2, -0.15) is 5.10 Å². The Bertz CT molecular complexity index is 1710. The van der Waals surface area contributed by atoms with Gasteiger partial charge >= 0.3 is 0 Å². The molecule has 6 heterocycles. The molecule has 1 atom stereocenters. The Morgan fingerprint density at radius 1 is 1.10 bits per heavy atom. The predicted molar refractivity (Wildman–Crippen MR) is 152 cm³/mol. The fourth-order valence-corrected chi connectivity index (χ4v) is 6.68. The summed E-state index contributed by atoms with van der Waals surface area (Å²) in [5.74, 6) is -0.480. The Morgan fingerprint density at radius 3 is 2.67 bits per heavy atom. The summed E-state index contributed by atoms with van der Waals surface area (Å²) in [6, 6.07) is 12.1. The van der Waals surface area contributed by atoms with Gasteiger partial charge in [-0.3, -0.25) is 4.90 Å². The molecule has 10 heteroatoms. The van der Waals surface area contributed by atoms with Crippen LogP contribution in [0.25, 0.3) is 27.8 Å². The van der Waals surface area contributed by atoms with Crippen LogP contribution in [0.5, 0.6) is 5.75 Å². The number of phenols is 1. The number of phenolic OH excluding ortho intramolecular Hbond substituents is 1. The molecule has 7 rings (SSSR count). The van der Waals surface area contributed by atoms with E-state index in [1.165, 1.54) is 50.1 Å². The molecule has 2 fully saturated rings. The first-order chi connectivity index (χ1) is 19.3. The van der Waals surface area contributed by atoms with Crippen LogP contribution >= 0.6 is 0 Å². The number of pyridine rings is 1. The van der Waals surface area contributed by atoms with Crippen molar-refractivity contribution in [1.82, 2.24) is 33.9 Å². The summed E-state index contributed by atoms with van der Waals surface area (Å²) in [5.41, 5.74) is 11.7. The molecule has 3 N–H and O–H groups in total. The number of benzene rings is 1. The van der Waals surface area contributed by atoms with Crippen LogP contribution in [0.4, 0.5) is 10.2 Å².